The molecule has 1 N–H and O–H groups in total. The van der Waals surface area contributed by atoms with Gasteiger partial charge in [-0.2, -0.15) is 0 Å². The van der Waals surface area contributed by atoms with Gasteiger partial charge in [0.05, 0.1) is 13.2 Å². The molecule has 0 aliphatic heterocycles. The molecule has 0 aromatic heterocycles. The van der Waals surface area contributed by atoms with Gasteiger partial charge in [-0.1, -0.05) is 25.1 Å². The Morgan fingerprint density at radius 1 is 1.04 bits per heavy atom. The average Bonchev–Trinajstić information content (AvgIpc) is 2.60. The van der Waals surface area contributed by atoms with Crippen molar-refractivity contribution in [3.8, 4) is 5.75 Å². The first-order valence-corrected chi connectivity index (χ1v) is 8.06. The molecule has 0 saturated carbocycles. The quantitative estimate of drug-likeness (QED) is 0.802. The summed E-state index contributed by atoms with van der Waals surface area (Å²) in [6, 6.07) is 17.4. The Morgan fingerprint density at radius 3 is 2.35 bits per heavy atom. The highest BCUT2D eigenvalue weighted by atomic mass is 16.5. The van der Waals surface area contributed by atoms with Crippen LogP contribution in [-0.4, -0.2) is 25.6 Å². The highest BCUT2D eigenvalue weighted by Gasteiger charge is 2.12. The highest BCUT2D eigenvalue weighted by molar-refractivity contribution is 5.96. The molecule has 0 aliphatic rings. The Bertz CT molecular complexity index is 597. The van der Waals surface area contributed by atoms with Gasteiger partial charge in [0.15, 0.2) is 0 Å². The van der Waals surface area contributed by atoms with Crippen molar-refractivity contribution in [2.45, 2.75) is 20.3 Å². The molecule has 122 valence electrons. The third-order valence-corrected chi connectivity index (χ3v) is 3.46. The summed E-state index contributed by atoms with van der Waals surface area (Å²) in [6.45, 7) is 5.68. The molecule has 2 rings (SSSR count). The van der Waals surface area contributed by atoms with E-state index < -0.39 is 0 Å². The number of likely N-dealkylation sites (N-methyl/N-ethyl adjacent to an activating group) is 1. The summed E-state index contributed by atoms with van der Waals surface area (Å²) in [5, 5.41) is 3.17. The minimum absolute atomic E-state index is 0.0463. The first-order valence-electron chi connectivity index (χ1n) is 8.06. The maximum absolute atomic E-state index is 12.4. The van der Waals surface area contributed by atoms with Crippen LogP contribution in [0.5, 0.6) is 5.75 Å². The average molecular weight is 312 g/mol. The van der Waals surface area contributed by atoms with Gasteiger partial charge in [0.2, 0.25) is 5.91 Å². The second-order valence-corrected chi connectivity index (χ2v) is 5.20. The van der Waals surface area contributed by atoms with Crippen LogP contribution in [0.25, 0.3) is 0 Å². The molecule has 0 atom stereocenters. The Morgan fingerprint density at radius 2 is 1.74 bits per heavy atom. The van der Waals surface area contributed by atoms with Crippen LogP contribution in [0, 0.1) is 0 Å². The van der Waals surface area contributed by atoms with Crippen molar-refractivity contribution in [3.63, 3.8) is 0 Å². The van der Waals surface area contributed by atoms with Gasteiger partial charge < -0.3 is 15.0 Å². The fourth-order valence-corrected chi connectivity index (χ4v) is 2.27. The van der Waals surface area contributed by atoms with Crippen LogP contribution in [0.2, 0.25) is 0 Å². The highest BCUT2D eigenvalue weighted by Crippen LogP contribution is 2.17. The van der Waals surface area contributed by atoms with Crippen LogP contribution in [-0.2, 0) is 4.79 Å². The van der Waals surface area contributed by atoms with Gasteiger partial charge in [-0.15, -0.1) is 0 Å². The Kier molecular flexibility index (Phi) is 6.48. The van der Waals surface area contributed by atoms with Gasteiger partial charge in [-0.25, -0.2) is 0 Å². The summed E-state index contributed by atoms with van der Waals surface area (Å²) in [5.41, 5.74) is 1.83. The Hall–Kier alpha value is -2.49. The predicted molar refractivity (Wildman–Crippen MR) is 95.2 cm³/mol. The van der Waals surface area contributed by atoms with E-state index in [-0.39, 0.29) is 12.5 Å². The lowest BCUT2D eigenvalue weighted by molar-refractivity contribution is -0.116. The largest absolute Gasteiger partial charge is 0.494 e. The first kappa shape index (κ1) is 16.9. The smallest absolute Gasteiger partial charge is 0.246 e. The zero-order valence-electron chi connectivity index (χ0n) is 13.8. The SMILES string of the molecule is CCCOc1ccc(NCC(=O)N(CC)c2ccccc2)cc1. The van der Waals surface area contributed by atoms with E-state index in [4.69, 9.17) is 4.74 Å². The number of ether oxygens (including phenoxy) is 1. The van der Waals surface area contributed by atoms with Crippen LogP contribution < -0.4 is 15.0 Å². The molecule has 0 aliphatic carbocycles. The molecule has 0 unspecified atom stereocenters. The first-order chi connectivity index (χ1) is 11.2. The Labute approximate surface area is 138 Å². The van der Waals surface area contributed by atoms with Crippen molar-refractivity contribution in [2.24, 2.45) is 0 Å². The van der Waals surface area contributed by atoms with Crippen molar-refractivity contribution >= 4 is 17.3 Å². The summed E-state index contributed by atoms with van der Waals surface area (Å²) in [5.74, 6) is 0.896. The van der Waals surface area contributed by atoms with E-state index in [9.17, 15) is 4.79 Å². The zero-order valence-corrected chi connectivity index (χ0v) is 13.8. The maximum atomic E-state index is 12.4. The van der Waals surface area contributed by atoms with Gasteiger partial charge in [0.25, 0.3) is 0 Å². The lowest BCUT2D eigenvalue weighted by Crippen LogP contribution is -2.35. The molecule has 0 radical (unpaired) electrons. The minimum Gasteiger partial charge on any atom is -0.494 e. The fourth-order valence-electron chi connectivity index (χ4n) is 2.27. The number of hydrogen-bond donors (Lipinski definition) is 1. The molecular formula is C19H24N2O2. The number of nitrogens with zero attached hydrogens (tertiary/aromatic N) is 1. The number of carbonyl (C=O) groups is 1. The second-order valence-electron chi connectivity index (χ2n) is 5.20. The van der Waals surface area contributed by atoms with E-state index in [1.54, 1.807) is 4.90 Å². The summed E-state index contributed by atoms with van der Waals surface area (Å²) >= 11 is 0. The third-order valence-electron chi connectivity index (χ3n) is 3.46. The summed E-state index contributed by atoms with van der Waals surface area (Å²) in [4.78, 5) is 14.2. The number of hydrogen-bond acceptors (Lipinski definition) is 3. The Balaban J connectivity index is 1.90. The molecule has 0 bridgehead atoms. The number of anilines is 2. The zero-order chi connectivity index (χ0) is 16.5. The molecule has 0 heterocycles. The fraction of sp³-hybridized carbons (Fsp3) is 0.316. The van der Waals surface area contributed by atoms with E-state index in [0.717, 1.165) is 23.5 Å². The van der Waals surface area contributed by atoms with E-state index >= 15 is 0 Å². The number of benzene rings is 2. The van der Waals surface area contributed by atoms with E-state index in [0.29, 0.717) is 13.2 Å². The topological polar surface area (TPSA) is 41.6 Å². The van der Waals surface area contributed by atoms with Crippen LogP contribution in [0.1, 0.15) is 20.3 Å². The molecule has 0 saturated heterocycles. The normalized spacial score (nSPS) is 10.2. The van der Waals surface area contributed by atoms with Crippen molar-refractivity contribution in [1.29, 1.82) is 0 Å². The third kappa shape index (κ3) is 5.02. The van der Waals surface area contributed by atoms with E-state index in [2.05, 4.69) is 12.2 Å². The molecule has 2 aromatic carbocycles. The standard InChI is InChI=1S/C19H24N2O2/c1-3-14-23-18-12-10-16(11-13-18)20-15-19(22)21(4-2)17-8-6-5-7-9-17/h5-13,20H,3-4,14-15H2,1-2H3. The molecule has 4 heteroatoms. The van der Waals surface area contributed by atoms with Crippen LogP contribution in [0.3, 0.4) is 0 Å². The summed E-state index contributed by atoms with van der Waals surface area (Å²) in [7, 11) is 0. The number of rotatable bonds is 8. The number of nitrogens with one attached hydrogen (secondary N) is 1. The monoisotopic (exact) mass is 312 g/mol. The second kappa shape index (κ2) is 8.83. The molecular weight excluding hydrogens is 288 g/mol. The molecule has 1 amide bonds. The summed E-state index contributed by atoms with van der Waals surface area (Å²) < 4.78 is 5.55. The van der Waals surface area contributed by atoms with Gasteiger partial charge in [0.1, 0.15) is 5.75 Å². The molecule has 0 spiro atoms. The number of para-hydroxylation sites is 1. The van der Waals surface area contributed by atoms with Gasteiger partial charge >= 0.3 is 0 Å². The number of carbonyl (C=O) groups excluding carboxylic acids is 1. The van der Waals surface area contributed by atoms with Crippen LogP contribution >= 0.6 is 0 Å². The minimum atomic E-state index is 0.0463. The van der Waals surface area contributed by atoms with Crippen molar-refractivity contribution in [2.75, 3.05) is 29.9 Å². The van der Waals surface area contributed by atoms with Crippen LogP contribution in [0.15, 0.2) is 54.6 Å². The van der Waals surface area contributed by atoms with Gasteiger partial charge in [-0.05, 0) is 49.7 Å². The number of amides is 1. The predicted octanol–water partition coefficient (Wildman–Crippen LogP) is 3.94. The van der Waals surface area contributed by atoms with Gasteiger partial charge in [-0.3, -0.25) is 4.79 Å². The molecule has 4 nitrogen and oxygen atoms in total. The van der Waals surface area contributed by atoms with Gasteiger partial charge in [0, 0.05) is 17.9 Å². The maximum Gasteiger partial charge on any atom is 0.246 e. The van der Waals surface area contributed by atoms with Crippen molar-refractivity contribution < 1.29 is 9.53 Å². The molecule has 2 aromatic rings. The van der Waals surface area contributed by atoms with E-state index in [1.807, 2.05) is 61.5 Å². The van der Waals surface area contributed by atoms with E-state index in [1.165, 1.54) is 0 Å². The van der Waals surface area contributed by atoms with Crippen molar-refractivity contribution in [3.05, 3.63) is 54.6 Å². The molecule has 23 heavy (non-hydrogen) atoms. The van der Waals surface area contributed by atoms with Crippen molar-refractivity contribution in [1.82, 2.24) is 0 Å². The lowest BCUT2D eigenvalue weighted by atomic mass is 10.2. The summed E-state index contributed by atoms with van der Waals surface area (Å²) in [6.07, 6.45) is 0.987. The molecule has 0 fully saturated rings. The van der Waals surface area contributed by atoms with Crippen LogP contribution in [0.4, 0.5) is 11.4 Å². The lowest BCUT2D eigenvalue weighted by Gasteiger charge is -2.21.